The Balaban J connectivity index is 2.01. The third-order valence-corrected chi connectivity index (χ3v) is 3.80. The molecule has 7 N–H and O–H groups in total. The first kappa shape index (κ1) is 18.6. The zero-order valence-corrected chi connectivity index (χ0v) is 12.7. The molecular formula is C15H21NO8. The van der Waals surface area contributed by atoms with Crippen molar-refractivity contribution in [3.63, 3.8) is 0 Å². The summed E-state index contributed by atoms with van der Waals surface area (Å²) in [4.78, 5) is 10.7. The number of rotatable bonds is 6. The van der Waals surface area contributed by atoms with Crippen molar-refractivity contribution in [2.24, 2.45) is 5.73 Å². The molecule has 0 saturated carbocycles. The van der Waals surface area contributed by atoms with Crippen molar-refractivity contribution >= 4 is 5.97 Å². The van der Waals surface area contributed by atoms with E-state index >= 15 is 0 Å². The highest BCUT2D eigenvalue weighted by Crippen LogP contribution is 2.24. The molecule has 1 saturated heterocycles. The summed E-state index contributed by atoms with van der Waals surface area (Å²) in [6, 6.07) is 5.28. The van der Waals surface area contributed by atoms with Gasteiger partial charge < -0.3 is 40.7 Å². The maximum Gasteiger partial charge on any atom is 0.320 e. The molecule has 1 aliphatic rings. The second kappa shape index (κ2) is 7.88. The molecule has 0 radical (unpaired) electrons. The summed E-state index contributed by atoms with van der Waals surface area (Å²) < 4.78 is 10.7. The Morgan fingerprint density at radius 1 is 1.17 bits per heavy atom. The number of carboxylic acids is 1. The van der Waals surface area contributed by atoms with Gasteiger partial charge >= 0.3 is 5.97 Å². The average Bonchev–Trinajstić information content (AvgIpc) is 2.56. The molecule has 0 unspecified atom stereocenters. The summed E-state index contributed by atoms with van der Waals surface area (Å²) in [5.41, 5.74) is 6.14. The summed E-state index contributed by atoms with van der Waals surface area (Å²) in [5, 5.41) is 47.2. The van der Waals surface area contributed by atoms with Gasteiger partial charge in [-0.05, 0) is 24.1 Å². The van der Waals surface area contributed by atoms with E-state index in [2.05, 4.69) is 0 Å². The van der Waals surface area contributed by atoms with Crippen molar-refractivity contribution in [2.45, 2.75) is 43.2 Å². The van der Waals surface area contributed by atoms with Crippen molar-refractivity contribution in [3.05, 3.63) is 29.8 Å². The van der Waals surface area contributed by atoms with E-state index in [4.69, 9.17) is 25.4 Å². The average molecular weight is 343 g/mol. The molecule has 134 valence electrons. The summed E-state index contributed by atoms with van der Waals surface area (Å²) in [5.74, 6) is -0.802. The smallest absolute Gasteiger partial charge is 0.320 e. The van der Waals surface area contributed by atoms with E-state index in [0.29, 0.717) is 11.3 Å². The van der Waals surface area contributed by atoms with E-state index < -0.39 is 49.3 Å². The van der Waals surface area contributed by atoms with Gasteiger partial charge in [-0.1, -0.05) is 12.1 Å². The van der Waals surface area contributed by atoms with Crippen LogP contribution < -0.4 is 10.5 Å². The summed E-state index contributed by atoms with van der Waals surface area (Å²) in [6.45, 7) is -0.545. The van der Waals surface area contributed by atoms with Crippen LogP contribution in [-0.2, 0) is 16.0 Å². The van der Waals surface area contributed by atoms with Crippen LogP contribution in [0.1, 0.15) is 5.56 Å². The third kappa shape index (κ3) is 4.20. The zero-order valence-electron chi connectivity index (χ0n) is 12.7. The van der Waals surface area contributed by atoms with Gasteiger partial charge in [-0.3, -0.25) is 4.79 Å². The van der Waals surface area contributed by atoms with E-state index in [0.717, 1.165) is 0 Å². The molecule has 2 rings (SSSR count). The maximum atomic E-state index is 10.7. The van der Waals surface area contributed by atoms with Gasteiger partial charge in [0.25, 0.3) is 0 Å². The third-order valence-electron chi connectivity index (χ3n) is 3.80. The molecule has 1 aliphatic heterocycles. The van der Waals surface area contributed by atoms with Crippen molar-refractivity contribution < 1.29 is 39.8 Å². The van der Waals surface area contributed by atoms with Crippen LogP contribution in [0.5, 0.6) is 5.75 Å². The highest BCUT2D eigenvalue weighted by molar-refractivity contribution is 5.73. The molecule has 1 aromatic rings. The number of hydrogen-bond donors (Lipinski definition) is 6. The first-order chi connectivity index (χ1) is 11.3. The van der Waals surface area contributed by atoms with Crippen molar-refractivity contribution in [1.82, 2.24) is 0 Å². The number of carboxylic acid groups (broad SMARTS) is 1. The Kier molecular flexibility index (Phi) is 6.10. The van der Waals surface area contributed by atoms with Crippen LogP contribution in [0, 0.1) is 0 Å². The largest absolute Gasteiger partial charge is 0.480 e. The van der Waals surface area contributed by atoms with E-state index in [1.165, 1.54) is 12.1 Å². The van der Waals surface area contributed by atoms with E-state index in [-0.39, 0.29) is 6.42 Å². The Morgan fingerprint density at radius 2 is 1.79 bits per heavy atom. The minimum Gasteiger partial charge on any atom is -0.480 e. The molecule has 1 heterocycles. The first-order valence-corrected chi connectivity index (χ1v) is 7.38. The summed E-state index contributed by atoms with van der Waals surface area (Å²) in [6.07, 6.45) is -6.65. The van der Waals surface area contributed by atoms with Gasteiger partial charge in [0.2, 0.25) is 6.29 Å². The Labute approximate surface area is 137 Å². The van der Waals surface area contributed by atoms with Crippen LogP contribution in [0.2, 0.25) is 0 Å². The van der Waals surface area contributed by atoms with Gasteiger partial charge in [-0.25, -0.2) is 0 Å². The molecule has 24 heavy (non-hydrogen) atoms. The molecule has 0 aliphatic carbocycles. The molecule has 1 fully saturated rings. The molecule has 0 aromatic heterocycles. The molecule has 0 spiro atoms. The quantitative estimate of drug-likeness (QED) is 0.337. The molecule has 1 aromatic carbocycles. The van der Waals surface area contributed by atoms with Crippen LogP contribution in [0.3, 0.4) is 0 Å². The lowest BCUT2D eigenvalue weighted by atomic mass is 9.99. The number of aliphatic hydroxyl groups excluding tert-OH is 4. The lowest BCUT2D eigenvalue weighted by Crippen LogP contribution is -2.60. The highest BCUT2D eigenvalue weighted by Gasteiger charge is 2.44. The number of hydrogen-bond acceptors (Lipinski definition) is 8. The van der Waals surface area contributed by atoms with Gasteiger partial charge in [0, 0.05) is 0 Å². The van der Waals surface area contributed by atoms with Gasteiger partial charge in [0.05, 0.1) is 6.61 Å². The fourth-order valence-corrected chi connectivity index (χ4v) is 2.34. The normalized spacial score (nSPS) is 31.5. The Bertz CT molecular complexity index is 549. The lowest BCUT2D eigenvalue weighted by molar-refractivity contribution is -0.277. The summed E-state index contributed by atoms with van der Waals surface area (Å²) in [7, 11) is 0. The number of nitrogens with two attached hydrogens (primary N) is 1. The van der Waals surface area contributed by atoms with E-state index in [1.54, 1.807) is 12.1 Å². The number of ether oxygens (including phenoxy) is 2. The number of aliphatic hydroxyl groups is 4. The highest BCUT2D eigenvalue weighted by atomic mass is 16.7. The molecule has 0 bridgehead atoms. The Morgan fingerprint density at radius 3 is 2.33 bits per heavy atom. The molecule has 9 nitrogen and oxygen atoms in total. The second-order valence-corrected chi connectivity index (χ2v) is 5.61. The monoisotopic (exact) mass is 343 g/mol. The first-order valence-electron chi connectivity index (χ1n) is 7.38. The van der Waals surface area contributed by atoms with Crippen LogP contribution in [0.25, 0.3) is 0 Å². The van der Waals surface area contributed by atoms with Crippen LogP contribution in [-0.4, -0.2) is 74.9 Å². The van der Waals surface area contributed by atoms with Gasteiger partial charge in [-0.15, -0.1) is 0 Å². The Hall–Kier alpha value is -1.75. The SMILES string of the molecule is N[C@@H](Cc1ccc(O[C@@H]2O[C@H](CO)[C@@H](O)[C@H](O)[C@H]2O)cc1)C(=O)O. The van der Waals surface area contributed by atoms with Crippen LogP contribution >= 0.6 is 0 Å². The van der Waals surface area contributed by atoms with Crippen LogP contribution in [0.4, 0.5) is 0 Å². The minimum atomic E-state index is -1.52. The van der Waals surface area contributed by atoms with Crippen molar-refractivity contribution in [1.29, 1.82) is 0 Å². The number of benzene rings is 1. The van der Waals surface area contributed by atoms with E-state index in [1.807, 2.05) is 0 Å². The maximum absolute atomic E-state index is 10.7. The van der Waals surface area contributed by atoms with Gasteiger partial charge in [0.15, 0.2) is 0 Å². The van der Waals surface area contributed by atoms with Gasteiger partial charge in [-0.2, -0.15) is 0 Å². The van der Waals surface area contributed by atoms with E-state index in [9.17, 15) is 20.1 Å². The molecular weight excluding hydrogens is 322 g/mol. The van der Waals surface area contributed by atoms with Crippen molar-refractivity contribution in [2.75, 3.05) is 6.61 Å². The van der Waals surface area contributed by atoms with Crippen molar-refractivity contribution in [3.8, 4) is 5.75 Å². The standard InChI is InChI=1S/C15H21NO8/c16-9(14(21)22)5-7-1-3-8(4-2-7)23-15-13(20)12(19)11(18)10(6-17)24-15/h1-4,9-13,15,17-20H,5-6,16H2,(H,21,22)/t9-,10+,11+,12-,13+,15+/m0/s1. The van der Waals surface area contributed by atoms with Crippen LogP contribution in [0.15, 0.2) is 24.3 Å². The lowest BCUT2D eigenvalue weighted by Gasteiger charge is -2.39. The molecule has 9 heteroatoms. The number of aliphatic carboxylic acids is 1. The minimum absolute atomic E-state index is 0.148. The number of carbonyl (C=O) groups is 1. The predicted octanol–water partition coefficient (Wildman–Crippen LogP) is -2.18. The zero-order chi connectivity index (χ0) is 17.9. The molecule has 6 atom stereocenters. The fourth-order valence-electron chi connectivity index (χ4n) is 2.34. The van der Waals surface area contributed by atoms with Gasteiger partial charge in [0.1, 0.15) is 36.2 Å². The molecule has 0 amide bonds. The topological polar surface area (TPSA) is 163 Å². The fraction of sp³-hybridized carbons (Fsp3) is 0.533. The summed E-state index contributed by atoms with van der Waals surface area (Å²) >= 11 is 0. The predicted molar refractivity (Wildman–Crippen MR) is 80.2 cm³/mol. The second-order valence-electron chi connectivity index (χ2n) is 5.61.